The van der Waals surface area contributed by atoms with Crippen LogP contribution >= 0.6 is 0 Å². The minimum Gasteiger partial charge on any atom is -0.309 e. The molecule has 232 valence electrons. The van der Waals surface area contributed by atoms with Gasteiger partial charge >= 0.3 is 0 Å². The Hall–Kier alpha value is -6.64. The average Bonchev–Trinajstić information content (AvgIpc) is 3.70. The van der Waals surface area contributed by atoms with Gasteiger partial charge in [-0.1, -0.05) is 140 Å². The minimum atomic E-state index is 1.15. The van der Waals surface area contributed by atoms with E-state index in [1.165, 1.54) is 93.8 Å². The van der Waals surface area contributed by atoms with E-state index in [-0.39, 0.29) is 0 Å². The van der Waals surface area contributed by atoms with Crippen LogP contribution in [0, 0.1) is 0 Å². The van der Waals surface area contributed by atoms with Crippen LogP contribution in [0.25, 0.3) is 99.5 Å². The SMILES string of the molecule is c1ccc2c(c1)-c1ccccc1-c1ccc(-n3c4ccccc4c4c(-n5c6ccccc6c6ccccc65)cccc43)cc1-c1ccccc1-2. The highest BCUT2D eigenvalue weighted by Crippen LogP contribution is 2.48. The van der Waals surface area contributed by atoms with Crippen LogP contribution < -0.4 is 0 Å². The molecule has 2 aromatic heterocycles. The third kappa shape index (κ3) is 3.73. The maximum atomic E-state index is 2.46. The summed E-state index contributed by atoms with van der Waals surface area (Å²) in [6.45, 7) is 0. The van der Waals surface area contributed by atoms with E-state index in [1.54, 1.807) is 0 Å². The molecule has 11 rings (SSSR count). The highest BCUT2D eigenvalue weighted by Gasteiger charge is 2.24. The van der Waals surface area contributed by atoms with Gasteiger partial charge in [0.25, 0.3) is 0 Å². The first kappa shape index (κ1) is 27.3. The van der Waals surface area contributed by atoms with Gasteiger partial charge < -0.3 is 9.13 Å². The standard InChI is InChI=1S/C48H30N2/c1-2-15-33-32(14-1)34-16-3-4-18-36(34)38-29-28-31(30-42(38)37-19-6-5-17-35(33)37)49-45-25-12-9-22-41(45)48-46(49)26-13-27-47(48)50-43-23-10-7-20-39(43)40-21-8-11-24-44(40)50/h1-30H. The molecule has 10 aromatic rings. The van der Waals surface area contributed by atoms with Gasteiger partial charge in [-0.3, -0.25) is 0 Å². The number of hydrogen-bond donors (Lipinski definition) is 0. The Balaban J connectivity index is 1.23. The molecule has 0 fully saturated rings. The number of benzene rings is 8. The normalized spacial score (nSPS) is 12.0. The summed E-state index contributed by atoms with van der Waals surface area (Å²) < 4.78 is 4.92. The molecule has 2 heterocycles. The molecule has 2 nitrogen and oxygen atoms in total. The molecule has 0 atom stereocenters. The zero-order valence-corrected chi connectivity index (χ0v) is 27.2. The van der Waals surface area contributed by atoms with Crippen molar-refractivity contribution >= 4 is 43.6 Å². The van der Waals surface area contributed by atoms with Gasteiger partial charge in [-0.15, -0.1) is 0 Å². The first-order chi connectivity index (χ1) is 24.8. The maximum absolute atomic E-state index is 2.46. The number of aromatic nitrogens is 2. The monoisotopic (exact) mass is 634 g/mol. The summed E-state index contributed by atoms with van der Waals surface area (Å²) in [7, 11) is 0. The molecule has 0 saturated carbocycles. The van der Waals surface area contributed by atoms with Crippen molar-refractivity contribution in [2.45, 2.75) is 0 Å². The second-order valence-electron chi connectivity index (χ2n) is 13.3. The van der Waals surface area contributed by atoms with Gasteiger partial charge in [0, 0.05) is 27.2 Å². The zero-order chi connectivity index (χ0) is 32.8. The number of nitrogens with zero attached hydrogens (tertiary/aromatic N) is 2. The van der Waals surface area contributed by atoms with Crippen molar-refractivity contribution in [3.05, 3.63) is 182 Å². The van der Waals surface area contributed by atoms with E-state index in [4.69, 9.17) is 0 Å². The van der Waals surface area contributed by atoms with Crippen LogP contribution in [0.1, 0.15) is 0 Å². The molecule has 0 amide bonds. The van der Waals surface area contributed by atoms with Crippen molar-refractivity contribution in [3.8, 4) is 55.9 Å². The first-order valence-electron chi connectivity index (χ1n) is 17.3. The summed E-state index contributed by atoms with van der Waals surface area (Å²) in [5.41, 5.74) is 17.2. The zero-order valence-electron chi connectivity index (χ0n) is 27.2. The smallest absolute Gasteiger partial charge is 0.0562 e. The van der Waals surface area contributed by atoms with Crippen molar-refractivity contribution in [3.63, 3.8) is 0 Å². The summed E-state index contributed by atoms with van der Waals surface area (Å²) in [5, 5.41) is 5.03. The number of hydrogen-bond acceptors (Lipinski definition) is 0. The van der Waals surface area contributed by atoms with Crippen LogP contribution in [-0.4, -0.2) is 9.13 Å². The van der Waals surface area contributed by atoms with E-state index >= 15 is 0 Å². The average molecular weight is 635 g/mol. The van der Waals surface area contributed by atoms with E-state index in [9.17, 15) is 0 Å². The van der Waals surface area contributed by atoms with Crippen LogP contribution in [-0.2, 0) is 0 Å². The predicted molar refractivity (Wildman–Crippen MR) is 210 cm³/mol. The Bertz CT molecular complexity index is 2930. The van der Waals surface area contributed by atoms with Crippen LogP contribution in [0.15, 0.2) is 182 Å². The first-order valence-corrected chi connectivity index (χ1v) is 17.3. The largest absolute Gasteiger partial charge is 0.309 e. The van der Waals surface area contributed by atoms with Crippen molar-refractivity contribution in [2.75, 3.05) is 0 Å². The summed E-state index contributed by atoms with van der Waals surface area (Å²) in [5.74, 6) is 0. The lowest BCUT2D eigenvalue weighted by Gasteiger charge is -2.24. The molecule has 50 heavy (non-hydrogen) atoms. The Morgan fingerprint density at radius 2 is 0.660 bits per heavy atom. The summed E-state index contributed by atoms with van der Waals surface area (Å²) in [6.07, 6.45) is 0. The lowest BCUT2D eigenvalue weighted by molar-refractivity contribution is 1.17. The molecule has 0 aliphatic heterocycles. The van der Waals surface area contributed by atoms with E-state index < -0.39 is 0 Å². The van der Waals surface area contributed by atoms with Crippen LogP contribution in [0.2, 0.25) is 0 Å². The summed E-state index contributed by atoms with van der Waals surface area (Å²) in [4.78, 5) is 0. The van der Waals surface area contributed by atoms with Crippen molar-refractivity contribution in [1.82, 2.24) is 9.13 Å². The number of para-hydroxylation sites is 3. The van der Waals surface area contributed by atoms with Gasteiger partial charge in [0.2, 0.25) is 0 Å². The molecule has 0 unspecified atom stereocenters. The predicted octanol–water partition coefficient (Wildman–Crippen LogP) is 12.9. The topological polar surface area (TPSA) is 9.86 Å². The second kappa shape index (κ2) is 10.4. The second-order valence-corrected chi connectivity index (χ2v) is 13.3. The summed E-state index contributed by atoms with van der Waals surface area (Å²) >= 11 is 0. The molecule has 2 heteroatoms. The minimum absolute atomic E-state index is 1.15. The molecule has 8 aromatic carbocycles. The van der Waals surface area contributed by atoms with Gasteiger partial charge in [-0.05, 0) is 87.0 Å². The van der Waals surface area contributed by atoms with E-state index in [0.717, 1.165) is 5.69 Å². The Labute approximate surface area is 289 Å². The highest BCUT2D eigenvalue weighted by molar-refractivity contribution is 6.16. The fourth-order valence-electron chi connectivity index (χ4n) is 8.63. The van der Waals surface area contributed by atoms with E-state index in [2.05, 4.69) is 191 Å². The van der Waals surface area contributed by atoms with Crippen LogP contribution in [0.4, 0.5) is 0 Å². The number of fused-ring (bicyclic) bond motifs is 14. The highest BCUT2D eigenvalue weighted by atomic mass is 15.0. The molecule has 1 aliphatic carbocycles. The Kier molecular flexibility index (Phi) is 5.70. The molecule has 0 spiro atoms. The molecule has 0 radical (unpaired) electrons. The van der Waals surface area contributed by atoms with Crippen molar-refractivity contribution in [2.24, 2.45) is 0 Å². The quantitative estimate of drug-likeness (QED) is 0.179. The molecule has 1 aliphatic rings. The van der Waals surface area contributed by atoms with E-state index in [1.807, 2.05) is 0 Å². The third-order valence-electron chi connectivity index (χ3n) is 10.7. The molecule has 0 bridgehead atoms. The van der Waals surface area contributed by atoms with Gasteiger partial charge in [0.05, 0.1) is 27.8 Å². The van der Waals surface area contributed by atoms with Gasteiger partial charge in [-0.25, -0.2) is 0 Å². The van der Waals surface area contributed by atoms with Gasteiger partial charge in [0.15, 0.2) is 0 Å². The Morgan fingerprint density at radius 3 is 1.20 bits per heavy atom. The fourth-order valence-corrected chi connectivity index (χ4v) is 8.63. The molecular formula is C48H30N2. The lowest BCUT2D eigenvalue weighted by atomic mass is 9.81. The molecule has 0 saturated heterocycles. The van der Waals surface area contributed by atoms with E-state index in [0.29, 0.717) is 0 Å². The van der Waals surface area contributed by atoms with Crippen molar-refractivity contribution in [1.29, 1.82) is 0 Å². The van der Waals surface area contributed by atoms with Gasteiger partial charge in [-0.2, -0.15) is 0 Å². The molecular weight excluding hydrogens is 605 g/mol. The number of rotatable bonds is 2. The van der Waals surface area contributed by atoms with Crippen LogP contribution in [0.3, 0.4) is 0 Å². The van der Waals surface area contributed by atoms with Gasteiger partial charge in [0.1, 0.15) is 0 Å². The van der Waals surface area contributed by atoms with Crippen molar-refractivity contribution < 1.29 is 0 Å². The lowest BCUT2D eigenvalue weighted by Crippen LogP contribution is -2.00. The fraction of sp³-hybridized carbons (Fsp3) is 0. The third-order valence-corrected chi connectivity index (χ3v) is 10.7. The van der Waals surface area contributed by atoms with Crippen LogP contribution in [0.5, 0.6) is 0 Å². The maximum Gasteiger partial charge on any atom is 0.0562 e. The summed E-state index contributed by atoms with van der Waals surface area (Å²) in [6, 6.07) is 66.8. The Morgan fingerprint density at radius 1 is 0.260 bits per heavy atom. The molecule has 0 N–H and O–H groups in total.